The standard InChI is InChI=1S/C20H16O8/c1-27-19(25)17-15(11-7-9(21)3-5-13(11)23)18(20(26)28-2)16(17)12-8-10(22)4-6-14(12)24/h3-8,15-18H,1-2H3. The molecule has 0 aromatic rings. The van der Waals surface area contributed by atoms with E-state index in [1.807, 2.05) is 0 Å². The van der Waals surface area contributed by atoms with E-state index < -0.39 is 58.7 Å². The summed E-state index contributed by atoms with van der Waals surface area (Å²) in [4.78, 5) is 73.1. The molecule has 0 spiro atoms. The number of methoxy groups -OCH3 is 2. The molecule has 8 nitrogen and oxygen atoms in total. The van der Waals surface area contributed by atoms with E-state index in [9.17, 15) is 28.8 Å². The number of esters is 2. The molecular weight excluding hydrogens is 368 g/mol. The van der Waals surface area contributed by atoms with E-state index in [0.717, 1.165) is 50.7 Å². The van der Waals surface area contributed by atoms with Gasteiger partial charge in [-0.05, 0) is 36.5 Å². The Morgan fingerprint density at radius 3 is 1.36 bits per heavy atom. The minimum atomic E-state index is -1.10. The van der Waals surface area contributed by atoms with Gasteiger partial charge in [-0.15, -0.1) is 0 Å². The largest absolute Gasteiger partial charge is 0.469 e. The summed E-state index contributed by atoms with van der Waals surface area (Å²) in [5.74, 6) is -7.72. The highest BCUT2D eigenvalue weighted by Gasteiger charge is 2.62. The quantitative estimate of drug-likeness (QED) is 0.493. The fraction of sp³-hybridized carbons (Fsp3) is 0.300. The van der Waals surface area contributed by atoms with Crippen LogP contribution in [0.25, 0.3) is 0 Å². The maximum absolute atomic E-state index is 12.5. The Kier molecular flexibility index (Phi) is 5.04. The summed E-state index contributed by atoms with van der Waals surface area (Å²) in [6, 6.07) is 0. The molecule has 0 aromatic heterocycles. The first kappa shape index (κ1) is 19.3. The maximum Gasteiger partial charge on any atom is 0.309 e. The van der Waals surface area contributed by atoms with E-state index in [0.29, 0.717) is 0 Å². The molecule has 0 unspecified atom stereocenters. The Hall–Kier alpha value is -3.42. The van der Waals surface area contributed by atoms with Gasteiger partial charge in [-0.3, -0.25) is 28.8 Å². The van der Waals surface area contributed by atoms with Gasteiger partial charge in [0, 0.05) is 23.0 Å². The number of ether oxygens (including phenoxy) is 2. The number of ketones is 4. The zero-order valence-corrected chi connectivity index (χ0v) is 15.0. The van der Waals surface area contributed by atoms with Crippen molar-refractivity contribution in [2.24, 2.45) is 23.7 Å². The summed E-state index contributed by atoms with van der Waals surface area (Å²) in [5.41, 5.74) is -0.0550. The molecule has 8 heteroatoms. The Balaban J connectivity index is 2.11. The summed E-state index contributed by atoms with van der Waals surface area (Å²) < 4.78 is 9.62. The summed E-state index contributed by atoms with van der Waals surface area (Å²) in [6.07, 6.45) is 6.42. The number of carbonyl (C=O) groups is 6. The Labute approximate surface area is 159 Å². The molecule has 0 saturated heterocycles. The molecule has 1 fully saturated rings. The third-order valence-electron chi connectivity index (χ3n) is 5.18. The smallest absolute Gasteiger partial charge is 0.309 e. The highest BCUT2D eigenvalue weighted by atomic mass is 16.5. The summed E-state index contributed by atoms with van der Waals surface area (Å²) in [5, 5.41) is 0. The average Bonchev–Trinajstić information content (AvgIpc) is 2.66. The topological polar surface area (TPSA) is 121 Å². The zero-order chi connectivity index (χ0) is 20.6. The fourth-order valence-electron chi connectivity index (χ4n) is 3.95. The number of hydrogen-bond donors (Lipinski definition) is 0. The highest BCUT2D eigenvalue weighted by molar-refractivity contribution is 6.20. The minimum absolute atomic E-state index is 0.0275. The summed E-state index contributed by atoms with van der Waals surface area (Å²) >= 11 is 0. The molecular formula is C20H16O8. The lowest BCUT2D eigenvalue weighted by molar-refractivity contribution is -0.170. The van der Waals surface area contributed by atoms with Gasteiger partial charge in [-0.2, -0.15) is 0 Å². The Morgan fingerprint density at radius 2 is 1.04 bits per heavy atom. The molecule has 0 aromatic carbocycles. The van der Waals surface area contributed by atoms with Crippen LogP contribution in [-0.2, 0) is 38.2 Å². The molecule has 3 aliphatic carbocycles. The van der Waals surface area contributed by atoms with E-state index in [-0.39, 0.29) is 11.1 Å². The van der Waals surface area contributed by atoms with Crippen molar-refractivity contribution >= 4 is 35.1 Å². The molecule has 1 saturated carbocycles. The van der Waals surface area contributed by atoms with Crippen molar-refractivity contribution in [3.63, 3.8) is 0 Å². The SMILES string of the molecule is COC(=O)C1C(C2=CC(=O)C=CC2=O)C(C(=O)OC)C1C1=CC(=O)C=CC1=O. The van der Waals surface area contributed by atoms with E-state index in [4.69, 9.17) is 9.47 Å². The van der Waals surface area contributed by atoms with E-state index >= 15 is 0 Å². The van der Waals surface area contributed by atoms with Gasteiger partial charge in [0.25, 0.3) is 0 Å². The van der Waals surface area contributed by atoms with Crippen LogP contribution in [0.5, 0.6) is 0 Å². The molecule has 144 valence electrons. The first-order valence-electron chi connectivity index (χ1n) is 8.41. The molecule has 0 bridgehead atoms. The number of carbonyl (C=O) groups excluding carboxylic acids is 6. The van der Waals surface area contributed by atoms with Crippen molar-refractivity contribution in [2.75, 3.05) is 14.2 Å². The monoisotopic (exact) mass is 384 g/mol. The average molecular weight is 384 g/mol. The molecule has 3 aliphatic rings. The molecule has 0 amide bonds. The predicted molar refractivity (Wildman–Crippen MR) is 92.5 cm³/mol. The normalized spacial score (nSPS) is 29.1. The molecule has 0 atom stereocenters. The second kappa shape index (κ2) is 7.30. The van der Waals surface area contributed by atoms with E-state index in [1.165, 1.54) is 0 Å². The van der Waals surface area contributed by atoms with Gasteiger partial charge < -0.3 is 9.47 Å². The minimum Gasteiger partial charge on any atom is -0.469 e. The van der Waals surface area contributed by atoms with Gasteiger partial charge in [0.2, 0.25) is 0 Å². The summed E-state index contributed by atoms with van der Waals surface area (Å²) in [7, 11) is 2.26. The van der Waals surface area contributed by atoms with Crippen LogP contribution in [0.4, 0.5) is 0 Å². The van der Waals surface area contributed by atoms with Crippen molar-refractivity contribution in [2.45, 2.75) is 0 Å². The molecule has 0 aliphatic heterocycles. The second-order valence-electron chi connectivity index (χ2n) is 6.55. The van der Waals surface area contributed by atoms with E-state index in [1.54, 1.807) is 0 Å². The Bertz CT molecular complexity index is 846. The number of rotatable bonds is 4. The van der Waals surface area contributed by atoms with Crippen LogP contribution in [0.3, 0.4) is 0 Å². The van der Waals surface area contributed by atoms with E-state index in [2.05, 4.69) is 0 Å². The first-order chi connectivity index (χ1) is 13.3. The van der Waals surface area contributed by atoms with Crippen molar-refractivity contribution in [3.8, 4) is 0 Å². The number of hydrogen-bond acceptors (Lipinski definition) is 8. The second-order valence-corrected chi connectivity index (χ2v) is 6.55. The third kappa shape index (κ3) is 3.06. The molecule has 0 heterocycles. The van der Waals surface area contributed by atoms with Crippen LogP contribution < -0.4 is 0 Å². The van der Waals surface area contributed by atoms with Crippen molar-refractivity contribution in [1.29, 1.82) is 0 Å². The lowest BCUT2D eigenvalue weighted by Crippen LogP contribution is -2.57. The molecule has 0 N–H and O–H groups in total. The number of allylic oxidation sites excluding steroid dienone is 8. The van der Waals surface area contributed by atoms with Crippen LogP contribution >= 0.6 is 0 Å². The van der Waals surface area contributed by atoms with Crippen LogP contribution in [0.2, 0.25) is 0 Å². The molecule has 0 radical (unpaired) electrons. The maximum atomic E-state index is 12.5. The Morgan fingerprint density at radius 1 is 0.679 bits per heavy atom. The van der Waals surface area contributed by atoms with Crippen molar-refractivity contribution < 1.29 is 38.2 Å². The first-order valence-corrected chi connectivity index (χ1v) is 8.41. The predicted octanol–water partition coefficient (Wildman–Crippen LogP) is 0.0796. The van der Waals surface area contributed by atoms with Gasteiger partial charge in [-0.25, -0.2) is 0 Å². The summed E-state index contributed by atoms with van der Waals surface area (Å²) in [6.45, 7) is 0. The van der Waals surface area contributed by atoms with Gasteiger partial charge >= 0.3 is 11.9 Å². The fourth-order valence-corrected chi connectivity index (χ4v) is 3.95. The highest BCUT2D eigenvalue weighted by Crippen LogP contribution is 2.55. The molecule has 3 rings (SSSR count). The van der Waals surface area contributed by atoms with Gasteiger partial charge in [0.05, 0.1) is 26.1 Å². The van der Waals surface area contributed by atoms with Crippen molar-refractivity contribution in [1.82, 2.24) is 0 Å². The van der Waals surface area contributed by atoms with Gasteiger partial charge in [-0.1, -0.05) is 0 Å². The van der Waals surface area contributed by atoms with Gasteiger partial charge in [0.1, 0.15) is 0 Å². The van der Waals surface area contributed by atoms with Crippen LogP contribution in [0.1, 0.15) is 0 Å². The zero-order valence-electron chi connectivity index (χ0n) is 15.0. The lowest BCUT2D eigenvalue weighted by atomic mass is 9.50. The third-order valence-corrected chi connectivity index (χ3v) is 5.18. The lowest BCUT2D eigenvalue weighted by Gasteiger charge is -2.50. The van der Waals surface area contributed by atoms with Crippen LogP contribution in [0, 0.1) is 23.7 Å². The van der Waals surface area contributed by atoms with Crippen LogP contribution in [0.15, 0.2) is 47.6 Å². The molecule has 28 heavy (non-hydrogen) atoms. The van der Waals surface area contributed by atoms with Crippen molar-refractivity contribution in [3.05, 3.63) is 47.6 Å². The van der Waals surface area contributed by atoms with Gasteiger partial charge in [0.15, 0.2) is 23.1 Å². The van der Waals surface area contributed by atoms with Crippen LogP contribution in [-0.4, -0.2) is 49.3 Å².